The Hall–Kier alpha value is -0.970. The molecule has 0 amide bonds. The first-order chi connectivity index (χ1) is 9.49. The van der Waals surface area contributed by atoms with E-state index >= 15 is 0 Å². The van der Waals surface area contributed by atoms with Gasteiger partial charge in [0.2, 0.25) is 0 Å². The SMILES string of the molecule is CCCNCc1cc(Cl)cc(Cl)c1OC(CC)C(=O)O. The summed E-state index contributed by atoms with van der Waals surface area (Å²) in [6.07, 6.45) is 0.437. The van der Waals surface area contributed by atoms with Gasteiger partial charge in [-0.1, -0.05) is 37.0 Å². The smallest absolute Gasteiger partial charge is 0.344 e. The van der Waals surface area contributed by atoms with E-state index in [4.69, 9.17) is 33.0 Å². The first kappa shape index (κ1) is 17.1. The lowest BCUT2D eigenvalue weighted by atomic mass is 10.2. The van der Waals surface area contributed by atoms with E-state index < -0.39 is 12.1 Å². The van der Waals surface area contributed by atoms with Gasteiger partial charge in [0.05, 0.1) is 5.02 Å². The van der Waals surface area contributed by atoms with E-state index in [-0.39, 0.29) is 0 Å². The molecule has 0 spiro atoms. The van der Waals surface area contributed by atoms with Gasteiger partial charge in [0.15, 0.2) is 6.10 Å². The average Bonchev–Trinajstić information content (AvgIpc) is 2.37. The van der Waals surface area contributed by atoms with E-state index in [2.05, 4.69) is 12.2 Å². The quantitative estimate of drug-likeness (QED) is 0.717. The maximum Gasteiger partial charge on any atom is 0.344 e. The van der Waals surface area contributed by atoms with Crippen LogP contribution in [0.15, 0.2) is 12.1 Å². The lowest BCUT2D eigenvalue weighted by molar-refractivity contribution is -0.145. The molecule has 6 heteroatoms. The van der Waals surface area contributed by atoms with Crippen LogP contribution in [0.5, 0.6) is 5.75 Å². The average molecular weight is 320 g/mol. The number of nitrogens with one attached hydrogen (secondary N) is 1. The molecule has 0 bridgehead atoms. The van der Waals surface area contributed by atoms with Crippen molar-refractivity contribution in [2.45, 2.75) is 39.3 Å². The number of benzene rings is 1. The van der Waals surface area contributed by atoms with Crippen molar-refractivity contribution in [3.63, 3.8) is 0 Å². The van der Waals surface area contributed by atoms with Crippen LogP contribution in [0.25, 0.3) is 0 Å². The predicted octanol–water partition coefficient (Wildman–Crippen LogP) is 3.74. The van der Waals surface area contributed by atoms with Crippen molar-refractivity contribution in [3.05, 3.63) is 27.7 Å². The molecule has 0 aliphatic heterocycles. The monoisotopic (exact) mass is 319 g/mol. The zero-order chi connectivity index (χ0) is 15.1. The first-order valence-electron chi connectivity index (χ1n) is 6.57. The van der Waals surface area contributed by atoms with Crippen LogP contribution >= 0.6 is 23.2 Å². The highest BCUT2D eigenvalue weighted by molar-refractivity contribution is 6.35. The molecule has 1 aromatic rings. The number of ether oxygens (including phenoxy) is 1. The van der Waals surface area contributed by atoms with Gasteiger partial charge in [-0.3, -0.25) is 0 Å². The zero-order valence-electron chi connectivity index (χ0n) is 11.6. The summed E-state index contributed by atoms with van der Waals surface area (Å²) >= 11 is 12.1. The largest absolute Gasteiger partial charge is 0.479 e. The van der Waals surface area contributed by atoms with Crippen molar-refractivity contribution < 1.29 is 14.6 Å². The Morgan fingerprint density at radius 1 is 1.40 bits per heavy atom. The van der Waals surface area contributed by atoms with Crippen LogP contribution in [0.1, 0.15) is 32.3 Å². The van der Waals surface area contributed by atoms with E-state index in [0.29, 0.717) is 28.8 Å². The second kappa shape index (κ2) is 8.35. The number of rotatable bonds is 8. The number of carboxylic acid groups (broad SMARTS) is 1. The number of aliphatic carboxylic acids is 1. The van der Waals surface area contributed by atoms with Gasteiger partial charge in [-0.2, -0.15) is 0 Å². The van der Waals surface area contributed by atoms with Crippen LogP contribution in [0, 0.1) is 0 Å². The molecular formula is C14H19Cl2NO3. The predicted molar refractivity (Wildman–Crippen MR) is 80.8 cm³/mol. The maximum absolute atomic E-state index is 11.1. The molecule has 0 aliphatic carbocycles. The Morgan fingerprint density at radius 3 is 2.65 bits per heavy atom. The summed E-state index contributed by atoms with van der Waals surface area (Å²) in [5, 5.41) is 13.1. The number of hydrogen-bond donors (Lipinski definition) is 2. The molecule has 1 aromatic carbocycles. The summed E-state index contributed by atoms with van der Waals surface area (Å²) in [7, 11) is 0. The lowest BCUT2D eigenvalue weighted by Crippen LogP contribution is -2.27. The minimum Gasteiger partial charge on any atom is -0.479 e. The Kier molecular flexibility index (Phi) is 7.13. The minimum absolute atomic E-state index is 0.325. The molecule has 0 radical (unpaired) electrons. The van der Waals surface area contributed by atoms with Crippen LogP contribution in [-0.4, -0.2) is 23.7 Å². The highest BCUT2D eigenvalue weighted by Gasteiger charge is 2.20. The third kappa shape index (κ3) is 4.85. The van der Waals surface area contributed by atoms with Crippen LogP contribution < -0.4 is 10.1 Å². The highest BCUT2D eigenvalue weighted by Crippen LogP contribution is 2.33. The van der Waals surface area contributed by atoms with Crippen molar-refractivity contribution in [1.82, 2.24) is 5.32 Å². The molecule has 0 saturated heterocycles. The Balaban J connectivity index is 2.99. The van der Waals surface area contributed by atoms with Crippen molar-refractivity contribution >= 4 is 29.2 Å². The normalized spacial score (nSPS) is 12.2. The summed E-state index contributed by atoms with van der Waals surface area (Å²) in [4.78, 5) is 11.1. The van der Waals surface area contributed by atoms with Crippen molar-refractivity contribution in [2.75, 3.05) is 6.54 Å². The van der Waals surface area contributed by atoms with Gasteiger partial charge < -0.3 is 15.2 Å². The molecule has 112 valence electrons. The summed E-state index contributed by atoms with van der Waals surface area (Å²) < 4.78 is 5.54. The van der Waals surface area contributed by atoms with Crippen LogP contribution in [-0.2, 0) is 11.3 Å². The fraction of sp³-hybridized carbons (Fsp3) is 0.500. The molecule has 1 rings (SSSR count). The van der Waals surface area contributed by atoms with E-state index in [1.54, 1.807) is 19.1 Å². The van der Waals surface area contributed by atoms with Crippen molar-refractivity contribution in [1.29, 1.82) is 0 Å². The number of halogens is 2. The molecule has 0 saturated carbocycles. The fourth-order valence-electron chi connectivity index (χ4n) is 1.73. The van der Waals surface area contributed by atoms with Crippen LogP contribution in [0.2, 0.25) is 10.0 Å². The standard InChI is InChI=1S/C14H19Cl2NO3/c1-3-5-17-8-9-6-10(15)7-11(16)13(9)20-12(4-2)14(18)19/h6-7,12,17H,3-5,8H2,1-2H3,(H,18,19). The lowest BCUT2D eigenvalue weighted by Gasteiger charge is -2.18. The summed E-state index contributed by atoms with van der Waals surface area (Å²) in [6.45, 7) is 5.18. The van der Waals surface area contributed by atoms with Gasteiger partial charge in [0, 0.05) is 17.1 Å². The Morgan fingerprint density at radius 2 is 2.10 bits per heavy atom. The molecule has 4 nitrogen and oxygen atoms in total. The van der Waals surface area contributed by atoms with Gasteiger partial charge >= 0.3 is 5.97 Å². The van der Waals surface area contributed by atoms with Crippen molar-refractivity contribution in [3.8, 4) is 5.75 Å². The molecule has 0 heterocycles. The minimum atomic E-state index is -1.01. The van der Waals surface area contributed by atoms with Crippen LogP contribution in [0.3, 0.4) is 0 Å². The molecular weight excluding hydrogens is 301 g/mol. The van der Waals surface area contributed by atoms with Gasteiger partial charge in [0.25, 0.3) is 0 Å². The number of carbonyl (C=O) groups is 1. The summed E-state index contributed by atoms with van der Waals surface area (Å²) in [6, 6.07) is 3.29. The molecule has 20 heavy (non-hydrogen) atoms. The van der Waals surface area contributed by atoms with E-state index in [1.807, 2.05) is 0 Å². The van der Waals surface area contributed by atoms with Gasteiger partial charge in [-0.05, 0) is 31.5 Å². The second-order valence-electron chi connectivity index (χ2n) is 4.41. The maximum atomic E-state index is 11.1. The topological polar surface area (TPSA) is 58.6 Å². The van der Waals surface area contributed by atoms with Gasteiger partial charge in [-0.25, -0.2) is 4.79 Å². The summed E-state index contributed by atoms with van der Waals surface area (Å²) in [5.41, 5.74) is 0.760. The van der Waals surface area contributed by atoms with E-state index in [9.17, 15) is 4.79 Å². The van der Waals surface area contributed by atoms with Gasteiger partial charge in [0.1, 0.15) is 5.75 Å². The third-order valence-corrected chi connectivity index (χ3v) is 3.23. The molecule has 0 fully saturated rings. The zero-order valence-corrected chi connectivity index (χ0v) is 13.1. The fourth-order valence-corrected chi connectivity index (χ4v) is 2.31. The van der Waals surface area contributed by atoms with E-state index in [1.165, 1.54) is 0 Å². The third-order valence-electron chi connectivity index (χ3n) is 2.73. The molecule has 1 unspecified atom stereocenters. The van der Waals surface area contributed by atoms with Crippen LogP contribution in [0.4, 0.5) is 0 Å². The van der Waals surface area contributed by atoms with Crippen molar-refractivity contribution in [2.24, 2.45) is 0 Å². The summed E-state index contributed by atoms with van der Waals surface area (Å²) in [5.74, 6) is -0.625. The Bertz CT molecular complexity index is 466. The second-order valence-corrected chi connectivity index (χ2v) is 5.25. The molecule has 0 aliphatic rings. The Labute approximate surface area is 129 Å². The van der Waals surface area contributed by atoms with E-state index in [0.717, 1.165) is 18.5 Å². The molecule has 0 aromatic heterocycles. The highest BCUT2D eigenvalue weighted by atomic mass is 35.5. The van der Waals surface area contributed by atoms with Gasteiger partial charge in [-0.15, -0.1) is 0 Å². The molecule has 1 atom stereocenters. The number of carboxylic acids is 1. The number of hydrogen-bond acceptors (Lipinski definition) is 3. The molecule has 2 N–H and O–H groups in total. The first-order valence-corrected chi connectivity index (χ1v) is 7.33.